The zero-order valence-corrected chi connectivity index (χ0v) is 13.7. The number of anilines is 1. The van der Waals surface area contributed by atoms with Crippen LogP contribution in [-0.4, -0.2) is 17.6 Å². The number of ether oxygens (including phenoxy) is 1. The topological polar surface area (TPSA) is 55.4 Å². The van der Waals surface area contributed by atoms with Crippen LogP contribution < -0.4 is 5.32 Å². The minimum absolute atomic E-state index is 0.0437. The largest absolute Gasteiger partial charge is 0.457 e. The second-order valence-electron chi connectivity index (χ2n) is 5.03. The number of carbonyl (C=O) groups excluding carboxylic acids is 2. The van der Waals surface area contributed by atoms with Gasteiger partial charge < -0.3 is 10.1 Å². The normalized spacial score (nSPS) is 13.7. The van der Waals surface area contributed by atoms with Crippen LogP contribution in [0.1, 0.15) is 22.3 Å². The molecule has 0 atom stereocenters. The maximum Gasteiger partial charge on any atom is 0.338 e. The van der Waals surface area contributed by atoms with Gasteiger partial charge in [-0.3, -0.25) is 4.79 Å². The van der Waals surface area contributed by atoms with Crippen LogP contribution in [0, 0.1) is 0 Å². The number of nitrogens with one attached hydrogen (secondary N) is 1. The lowest BCUT2D eigenvalue weighted by Crippen LogP contribution is -2.11. The Morgan fingerprint density at radius 3 is 2.91 bits per heavy atom. The highest BCUT2D eigenvalue weighted by Crippen LogP contribution is 2.31. The lowest BCUT2D eigenvalue weighted by atomic mass is 10.2. The summed E-state index contributed by atoms with van der Waals surface area (Å²) in [5.74, 6) is 0.240. The molecule has 0 unspecified atom stereocenters. The second-order valence-corrected chi connectivity index (χ2v) is 6.57. The van der Waals surface area contributed by atoms with E-state index in [-0.39, 0.29) is 12.5 Å². The molecule has 23 heavy (non-hydrogen) atoms. The van der Waals surface area contributed by atoms with Crippen LogP contribution in [0.3, 0.4) is 0 Å². The molecule has 1 aliphatic rings. The Morgan fingerprint density at radius 2 is 2.09 bits per heavy atom. The summed E-state index contributed by atoms with van der Waals surface area (Å²) in [5.41, 5.74) is 1.81. The maximum atomic E-state index is 12.2. The van der Waals surface area contributed by atoms with E-state index in [2.05, 4.69) is 5.32 Å². The van der Waals surface area contributed by atoms with Crippen molar-refractivity contribution in [2.24, 2.45) is 0 Å². The summed E-state index contributed by atoms with van der Waals surface area (Å²) in [7, 11) is 0. The Kier molecular flexibility index (Phi) is 4.88. The Labute approximate surface area is 143 Å². The molecule has 0 saturated carbocycles. The summed E-state index contributed by atoms with van der Waals surface area (Å²) in [6.45, 7) is 0.108. The van der Waals surface area contributed by atoms with Crippen molar-refractivity contribution in [2.75, 3.05) is 11.1 Å². The zero-order valence-electron chi connectivity index (χ0n) is 12.2. The molecule has 0 radical (unpaired) electrons. The van der Waals surface area contributed by atoms with Crippen molar-refractivity contribution in [1.29, 1.82) is 0 Å². The number of halogens is 1. The van der Waals surface area contributed by atoms with Crippen LogP contribution >= 0.6 is 23.4 Å². The molecule has 4 nitrogen and oxygen atoms in total. The molecule has 0 spiro atoms. The molecule has 2 aromatic rings. The van der Waals surface area contributed by atoms with Gasteiger partial charge in [-0.2, -0.15) is 0 Å². The minimum Gasteiger partial charge on any atom is -0.457 e. The fourth-order valence-electron chi connectivity index (χ4n) is 2.19. The summed E-state index contributed by atoms with van der Waals surface area (Å²) >= 11 is 7.63. The fourth-order valence-corrected chi connectivity index (χ4v) is 3.32. The minimum atomic E-state index is -0.448. The molecule has 1 heterocycles. The van der Waals surface area contributed by atoms with Crippen LogP contribution in [-0.2, 0) is 16.1 Å². The first-order valence-corrected chi connectivity index (χ1v) is 8.47. The lowest BCUT2D eigenvalue weighted by molar-refractivity contribution is -0.115. The van der Waals surface area contributed by atoms with Gasteiger partial charge in [-0.1, -0.05) is 29.8 Å². The molecular weight excluding hydrogens is 334 g/mol. The Hall–Kier alpha value is -1.98. The van der Waals surface area contributed by atoms with Gasteiger partial charge in [0.2, 0.25) is 5.91 Å². The van der Waals surface area contributed by atoms with E-state index in [1.165, 1.54) is 0 Å². The van der Waals surface area contributed by atoms with E-state index < -0.39 is 5.97 Å². The predicted octanol–water partition coefficient (Wildman–Crippen LogP) is 4.13. The number of benzene rings is 2. The van der Waals surface area contributed by atoms with Gasteiger partial charge in [0, 0.05) is 27.7 Å². The number of amides is 1. The SMILES string of the molecule is O=C1CCSc2ccc(C(=O)OCc3ccccc3Cl)cc2N1. The first-order valence-electron chi connectivity index (χ1n) is 7.11. The number of carbonyl (C=O) groups is 2. The summed E-state index contributed by atoms with van der Waals surface area (Å²) < 4.78 is 5.30. The van der Waals surface area contributed by atoms with Gasteiger partial charge in [-0.05, 0) is 24.3 Å². The highest BCUT2D eigenvalue weighted by molar-refractivity contribution is 7.99. The first-order chi connectivity index (χ1) is 11.1. The van der Waals surface area contributed by atoms with Gasteiger partial charge in [0.1, 0.15) is 6.61 Å². The third-order valence-electron chi connectivity index (χ3n) is 3.39. The van der Waals surface area contributed by atoms with E-state index in [4.69, 9.17) is 16.3 Å². The van der Waals surface area contributed by atoms with Crippen molar-refractivity contribution < 1.29 is 14.3 Å². The molecule has 118 valence electrons. The van der Waals surface area contributed by atoms with Gasteiger partial charge in [0.05, 0.1) is 11.3 Å². The molecule has 0 aliphatic carbocycles. The van der Waals surface area contributed by atoms with Gasteiger partial charge >= 0.3 is 5.97 Å². The van der Waals surface area contributed by atoms with E-state index in [0.29, 0.717) is 22.7 Å². The van der Waals surface area contributed by atoms with Crippen LogP contribution in [0.2, 0.25) is 5.02 Å². The summed E-state index contributed by atoms with van der Waals surface area (Å²) in [5, 5.41) is 3.37. The van der Waals surface area contributed by atoms with Gasteiger partial charge in [0.25, 0.3) is 0 Å². The Morgan fingerprint density at radius 1 is 1.26 bits per heavy atom. The van der Waals surface area contributed by atoms with E-state index in [9.17, 15) is 9.59 Å². The number of esters is 1. The molecular formula is C17H14ClNO3S. The van der Waals surface area contributed by atoms with E-state index in [1.807, 2.05) is 24.3 Å². The third-order valence-corrected chi connectivity index (χ3v) is 4.84. The van der Waals surface area contributed by atoms with Crippen molar-refractivity contribution >= 4 is 40.9 Å². The van der Waals surface area contributed by atoms with Gasteiger partial charge in [-0.25, -0.2) is 4.79 Å². The van der Waals surface area contributed by atoms with Crippen LogP contribution in [0.4, 0.5) is 5.69 Å². The van der Waals surface area contributed by atoms with Crippen molar-refractivity contribution in [3.63, 3.8) is 0 Å². The second kappa shape index (κ2) is 7.06. The zero-order chi connectivity index (χ0) is 16.2. The van der Waals surface area contributed by atoms with Crippen molar-refractivity contribution in [3.8, 4) is 0 Å². The monoisotopic (exact) mass is 347 g/mol. The Bertz CT molecular complexity index is 763. The Balaban J connectivity index is 1.73. The molecule has 1 amide bonds. The van der Waals surface area contributed by atoms with Crippen LogP contribution in [0.15, 0.2) is 47.4 Å². The summed E-state index contributed by atoms with van der Waals surface area (Å²) in [4.78, 5) is 24.8. The standard InChI is InChI=1S/C17H14ClNO3S/c18-13-4-2-1-3-12(13)10-22-17(21)11-5-6-15-14(9-11)19-16(20)7-8-23-15/h1-6,9H,7-8,10H2,(H,19,20). The molecule has 3 rings (SSSR count). The van der Waals surface area contributed by atoms with Crippen molar-refractivity contribution in [2.45, 2.75) is 17.9 Å². The quantitative estimate of drug-likeness (QED) is 0.848. The molecule has 2 aromatic carbocycles. The van der Waals surface area contributed by atoms with Crippen LogP contribution in [0.5, 0.6) is 0 Å². The maximum absolute atomic E-state index is 12.2. The summed E-state index contributed by atoms with van der Waals surface area (Å²) in [6, 6.07) is 12.4. The van der Waals surface area contributed by atoms with Gasteiger partial charge in [-0.15, -0.1) is 11.8 Å². The molecule has 0 bridgehead atoms. The first kappa shape index (κ1) is 15.9. The van der Waals surface area contributed by atoms with E-state index >= 15 is 0 Å². The smallest absolute Gasteiger partial charge is 0.338 e. The average molecular weight is 348 g/mol. The van der Waals surface area contributed by atoms with Crippen molar-refractivity contribution in [3.05, 3.63) is 58.6 Å². The fraction of sp³-hybridized carbons (Fsp3) is 0.176. The van der Waals surface area contributed by atoms with Gasteiger partial charge in [0.15, 0.2) is 0 Å². The van der Waals surface area contributed by atoms with Crippen LogP contribution in [0.25, 0.3) is 0 Å². The van der Waals surface area contributed by atoms with E-state index in [0.717, 1.165) is 16.2 Å². The molecule has 1 N–H and O–H groups in total. The summed E-state index contributed by atoms with van der Waals surface area (Å²) in [6.07, 6.45) is 0.464. The third kappa shape index (κ3) is 3.86. The van der Waals surface area contributed by atoms with E-state index in [1.54, 1.807) is 30.0 Å². The number of fused-ring (bicyclic) bond motifs is 1. The molecule has 0 saturated heterocycles. The number of thioether (sulfide) groups is 1. The lowest BCUT2D eigenvalue weighted by Gasteiger charge is -2.10. The highest BCUT2D eigenvalue weighted by Gasteiger charge is 2.16. The average Bonchev–Trinajstić information content (AvgIpc) is 2.73. The molecule has 0 aromatic heterocycles. The highest BCUT2D eigenvalue weighted by atomic mass is 35.5. The number of hydrogen-bond donors (Lipinski definition) is 1. The number of hydrogen-bond acceptors (Lipinski definition) is 4. The molecule has 6 heteroatoms. The van der Waals surface area contributed by atoms with Crippen molar-refractivity contribution in [1.82, 2.24) is 0 Å². The number of rotatable bonds is 3. The predicted molar refractivity (Wildman–Crippen MR) is 91.0 cm³/mol. The molecule has 0 fully saturated rings. The molecule has 1 aliphatic heterocycles.